The van der Waals surface area contributed by atoms with Gasteiger partial charge in [0, 0.05) is 18.5 Å². The van der Waals surface area contributed by atoms with E-state index in [9.17, 15) is 8.78 Å². The van der Waals surface area contributed by atoms with E-state index < -0.39 is 12.5 Å². The lowest BCUT2D eigenvalue weighted by Crippen LogP contribution is -2.25. The fourth-order valence-corrected chi connectivity index (χ4v) is 1.12. The maximum atomic E-state index is 13.1. The highest BCUT2D eigenvalue weighted by Gasteiger charge is 2.30. The summed E-state index contributed by atoms with van der Waals surface area (Å²) in [5.41, 5.74) is 5.25. The first kappa shape index (κ1) is 9.01. The molecule has 4 nitrogen and oxygen atoms in total. The van der Waals surface area contributed by atoms with Crippen molar-refractivity contribution in [3.63, 3.8) is 0 Å². The Balaban J connectivity index is 2.53. The van der Waals surface area contributed by atoms with Gasteiger partial charge in [0.25, 0.3) is 5.92 Å². The topological polar surface area (TPSA) is 56.2 Å². The molecule has 74 valence electrons. The van der Waals surface area contributed by atoms with Gasteiger partial charge in [-0.15, -0.1) is 0 Å². The van der Waals surface area contributed by atoms with Gasteiger partial charge in [0.05, 0.1) is 18.3 Å². The second-order valence-corrected chi connectivity index (χ2v) is 2.89. The molecule has 0 fully saturated rings. The third kappa shape index (κ3) is 1.33. The van der Waals surface area contributed by atoms with E-state index in [1.165, 1.54) is 16.9 Å². The molecule has 0 spiro atoms. The molecule has 0 atom stereocenters. The zero-order chi connectivity index (χ0) is 10.2. The van der Waals surface area contributed by atoms with Crippen molar-refractivity contribution >= 4 is 5.65 Å². The summed E-state index contributed by atoms with van der Waals surface area (Å²) in [5, 5.41) is 3.81. The maximum absolute atomic E-state index is 13.1. The Labute approximate surface area is 78.4 Å². The average molecular weight is 198 g/mol. The van der Waals surface area contributed by atoms with Crippen LogP contribution in [0.3, 0.4) is 0 Å². The standard InChI is InChI=1S/C8H8F2N4/c9-8(10,5-11)6-3-12-7-1-2-13-14(7)4-6/h1-4H,5,11H2. The van der Waals surface area contributed by atoms with Crippen LogP contribution in [-0.4, -0.2) is 21.1 Å². The van der Waals surface area contributed by atoms with E-state index in [2.05, 4.69) is 10.1 Å². The van der Waals surface area contributed by atoms with E-state index in [1.807, 2.05) is 0 Å². The number of rotatable bonds is 2. The van der Waals surface area contributed by atoms with Gasteiger partial charge in [0.1, 0.15) is 0 Å². The molecule has 6 heteroatoms. The van der Waals surface area contributed by atoms with Crippen molar-refractivity contribution in [2.24, 2.45) is 5.73 Å². The number of nitrogens with two attached hydrogens (primary N) is 1. The fourth-order valence-electron chi connectivity index (χ4n) is 1.12. The lowest BCUT2D eigenvalue weighted by atomic mass is 10.2. The Bertz CT molecular complexity index is 451. The molecular formula is C8H8F2N4. The monoisotopic (exact) mass is 198 g/mol. The minimum absolute atomic E-state index is 0.226. The molecule has 0 aliphatic rings. The van der Waals surface area contributed by atoms with E-state index >= 15 is 0 Å². The smallest absolute Gasteiger partial charge is 0.288 e. The van der Waals surface area contributed by atoms with Crippen molar-refractivity contribution in [2.45, 2.75) is 5.92 Å². The number of halogens is 2. The summed E-state index contributed by atoms with van der Waals surface area (Å²) in [6.07, 6.45) is 3.84. The van der Waals surface area contributed by atoms with Crippen LogP contribution < -0.4 is 5.73 Å². The third-order valence-electron chi connectivity index (χ3n) is 1.93. The van der Waals surface area contributed by atoms with Crippen molar-refractivity contribution < 1.29 is 8.78 Å². The molecule has 0 amide bonds. The molecule has 0 unspecified atom stereocenters. The van der Waals surface area contributed by atoms with Gasteiger partial charge in [-0.05, 0) is 0 Å². The van der Waals surface area contributed by atoms with Gasteiger partial charge >= 0.3 is 0 Å². The quantitative estimate of drug-likeness (QED) is 0.775. The summed E-state index contributed by atoms with van der Waals surface area (Å²) < 4.78 is 27.5. The van der Waals surface area contributed by atoms with E-state index in [-0.39, 0.29) is 5.56 Å². The Morgan fingerprint density at radius 3 is 3.00 bits per heavy atom. The fraction of sp³-hybridized carbons (Fsp3) is 0.250. The molecule has 2 N–H and O–H groups in total. The van der Waals surface area contributed by atoms with Crippen LogP contribution in [0.25, 0.3) is 5.65 Å². The number of hydrogen-bond acceptors (Lipinski definition) is 3. The van der Waals surface area contributed by atoms with Crippen molar-refractivity contribution in [1.29, 1.82) is 0 Å². The molecule has 0 aliphatic heterocycles. The lowest BCUT2D eigenvalue weighted by molar-refractivity contribution is 0.00511. The van der Waals surface area contributed by atoms with E-state index in [0.29, 0.717) is 5.65 Å². The van der Waals surface area contributed by atoms with Crippen LogP contribution in [0.4, 0.5) is 8.78 Å². The predicted molar refractivity (Wildman–Crippen MR) is 45.9 cm³/mol. The molecule has 0 saturated heterocycles. The molecule has 2 aromatic rings. The summed E-state index contributed by atoms with van der Waals surface area (Å²) in [6.45, 7) is -0.735. The van der Waals surface area contributed by atoms with Gasteiger partial charge in [-0.2, -0.15) is 13.9 Å². The van der Waals surface area contributed by atoms with Crippen molar-refractivity contribution in [1.82, 2.24) is 14.6 Å². The molecule has 14 heavy (non-hydrogen) atoms. The highest BCUT2D eigenvalue weighted by molar-refractivity contribution is 5.36. The Morgan fingerprint density at radius 1 is 1.50 bits per heavy atom. The van der Waals surface area contributed by atoms with Crippen LogP contribution in [0.5, 0.6) is 0 Å². The predicted octanol–water partition coefficient (Wildman–Crippen LogP) is 0.780. The lowest BCUT2D eigenvalue weighted by Gasteiger charge is -2.13. The third-order valence-corrected chi connectivity index (χ3v) is 1.93. The van der Waals surface area contributed by atoms with Gasteiger partial charge in [0.2, 0.25) is 0 Å². The number of hydrogen-bond donors (Lipinski definition) is 1. The van der Waals surface area contributed by atoms with E-state index in [1.54, 1.807) is 6.07 Å². The van der Waals surface area contributed by atoms with E-state index in [0.717, 1.165) is 6.20 Å². The molecule has 0 aliphatic carbocycles. The van der Waals surface area contributed by atoms with Crippen LogP contribution in [0, 0.1) is 0 Å². The second kappa shape index (κ2) is 2.98. The zero-order valence-corrected chi connectivity index (χ0v) is 7.19. The SMILES string of the molecule is NCC(F)(F)c1cnc2ccnn2c1. The van der Waals surface area contributed by atoms with E-state index in [4.69, 9.17) is 5.73 Å². The average Bonchev–Trinajstić information content (AvgIpc) is 2.64. The highest BCUT2D eigenvalue weighted by Crippen LogP contribution is 2.25. The van der Waals surface area contributed by atoms with Gasteiger partial charge in [-0.25, -0.2) is 9.50 Å². The van der Waals surface area contributed by atoms with Crippen LogP contribution in [0.2, 0.25) is 0 Å². The first-order chi connectivity index (χ1) is 6.63. The molecular weight excluding hydrogens is 190 g/mol. The zero-order valence-electron chi connectivity index (χ0n) is 7.19. The van der Waals surface area contributed by atoms with Crippen molar-refractivity contribution in [3.05, 3.63) is 30.2 Å². The molecule has 2 heterocycles. The van der Waals surface area contributed by atoms with Gasteiger partial charge < -0.3 is 5.73 Å². The summed E-state index contributed by atoms with van der Waals surface area (Å²) in [6, 6.07) is 1.63. The Kier molecular flexibility index (Phi) is 1.92. The first-order valence-corrected chi connectivity index (χ1v) is 4.01. The molecule has 0 aromatic carbocycles. The van der Waals surface area contributed by atoms with Gasteiger partial charge in [0.15, 0.2) is 5.65 Å². The summed E-state index contributed by atoms with van der Waals surface area (Å²) in [5.74, 6) is -3.05. The number of alkyl halides is 2. The van der Waals surface area contributed by atoms with Crippen LogP contribution in [0.1, 0.15) is 5.56 Å². The number of fused-ring (bicyclic) bond motifs is 1. The molecule has 0 bridgehead atoms. The van der Waals surface area contributed by atoms with Crippen LogP contribution in [0.15, 0.2) is 24.7 Å². The van der Waals surface area contributed by atoms with Crippen molar-refractivity contribution in [2.75, 3.05) is 6.54 Å². The highest BCUT2D eigenvalue weighted by atomic mass is 19.3. The normalized spacial score (nSPS) is 12.2. The minimum atomic E-state index is -3.05. The Morgan fingerprint density at radius 2 is 2.29 bits per heavy atom. The Hall–Kier alpha value is -1.56. The molecule has 2 rings (SSSR count). The van der Waals surface area contributed by atoms with Crippen LogP contribution in [-0.2, 0) is 5.92 Å². The minimum Gasteiger partial charge on any atom is -0.325 e. The molecule has 0 saturated carbocycles. The summed E-state index contributed by atoms with van der Waals surface area (Å²) in [7, 11) is 0. The van der Waals surface area contributed by atoms with Gasteiger partial charge in [-0.1, -0.05) is 0 Å². The van der Waals surface area contributed by atoms with Crippen molar-refractivity contribution in [3.8, 4) is 0 Å². The first-order valence-electron chi connectivity index (χ1n) is 4.01. The molecule has 0 radical (unpaired) electrons. The number of aromatic nitrogens is 3. The molecule has 2 aromatic heterocycles. The largest absolute Gasteiger partial charge is 0.325 e. The van der Waals surface area contributed by atoms with Gasteiger partial charge in [-0.3, -0.25) is 0 Å². The summed E-state index contributed by atoms with van der Waals surface area (Å²) >= 11 is 0. The number of nitrogens with zero attached hydrogens (tertiary/aromatic N) is 3. The van der Waals surface area contributed by atoms with Crippen LogP contribution >= 0.6 is 0 Å². The maximum Gasteiger partial charge on any atom is 0.288 e. The second-order valence-electron chi connectivity index (χ2n) is 2.89. The summed E-state index contributed by atoms with van der Waals surface area (Å²) in [4.78, 5) is 3.82.